The lowest BCUT2D eigenvalue weighted by Crippen LogP contribution is -2.38. The topological polar surface area (TPSA) is 76.4 Å². The van der Waals surface area contributed by atoms with Crippen LogP contribution >= 0.6 is 0 Å². The Morgan fingerprint density at radius 1 is 0.939 bits per heavy atom. The summed E-state index contributed by atoms with van der Waals surface area (Å²) in [6.45, 7) is 2.58. The maximum Gasteiger partial charge on any atom is 0.191 e. The number of hydrogen-bond acceptors (Lipinski definition) is 4. The predicted molar refractivity (Wildman–Crippen MR) is 131 cm³/mol. The first-order valence-corrected chi connectivity index (χ1v) is 10.9. The largest absolute Gasteiger partial charge is 0.492 e. The molecule has 0 aliphatic heterocycles. The van der Waals surface area contributed by atoms with Crippen molar-refractivity contribution in [2.24, 2.45) is 4.99 Å². The fraction of sp³-hybridized carbons (Fsp3) is 0.192. The Morgan fingerprint density at radius 3 is 2.48 bits per heavy atom. The molecule has 4 aromatic rings. The maximum absolute atomic E-state index is 5.73. The second-order valence-electron chi connectivity index (χ2n) is 7.46. The molecule has 2 N–H and O–H groups in total. The Hall–Kier alpha value is -4.13. The second kappa shape index (κ2) is 11.5. The molecule has 0 bridgehead atoms. The van der Waals surface area contributed by atoms with Crippen LogP contribution in [0.5, 0.6) is 5.75 Å². The molecule has 0 radical (unpaired) electrons. The second-order valence-corrected chi connectivity index (χ2v) is 7.46. The fourth-order valence-electron chi connectivity index (χ4n) is 3.50. The third-order valence-corrected chi connectivity index (χ3v) is 5.17. The molecule has 0 spiro atoms. The third kappa shape index (κ3) is 6.43. The highest BCUT2D eigenvalue weighted by Crippen LogP contribution is 2.24. The minimum absolute atomic E-state index is 0.558. The van der Waals surface area contributed by atoms with Gasteiger partial charge in [0, 0.05) is 13.6 Å². The zero-order chi connectivity index (χ0) is 22.7. The Bertz CT molecular complexity index is 1140. The Labute approximate surface area is 194 Å². The highest BCUT2D eigenvalue weighted by atomic mass is 16.5. The molecular weight excluding hydrogens is 412 g/mol. The molecule has 1 heterocycles. The van der Waals surface area contributed by atoms with Crippen LogP contribution in [0.25, 0.3) is 11.1 Å². The number of ether oxygens (including phenoxy) is 1. The highest BCUT2D eigenvalue weighted by molar-refractivity contribution is 5.80. The van der Waals surface area contributed by atoms with Crippen molar-refractivity contribution in [1.29, 1.82) is 0 Å². The Kier molecular flexibility index (Phi) is 7.68. The fourth-order valence-corrected chi connectivity index (χ4v) is 3.50. The molecule has 168 valence electrons. The average molecular weight is 441 g/mol. The van der Waals surface area contributed by atoms with E-state index in [-0.39, 0.29) is 0 Å². The van der Waals surface area contributed by atoms with Crippen LogP contribution < -0.4 is 15.4 Å². The van der Waals surface area contributed by atoms with E-state index in [1.54, 1.807) is 19.7 Å². The number of aliphatic imine (C=N–C) groups is 1. The highest BCUT2D eigenvalue weighted by Gasteiger charge is 2.07. The zero-order valence-electron chi connectivity index (χ0n) is 18.7. The van der Waals surface area contributed by atoms with Gasteiger partial charge >= 0.3 is 0 Å². The molecule has 0 amide bonds. The summed E-state index contributed by atoms with van der Waals surface area (Å²) in [4.78, 5) is 8.32. The van der Waals surface area contributed by atoms with E-state index in [1.165, 1.54) is 22.3 Å². The lowest BCUT2D eigenvalue weighted by Gasteiger charge is -2.15. The van der Waals surface area contributed by atoms with E-state index in [2.05, 4.69) is 74.2 Å². The first-order chi connectivity index (χ1) is 16.3. The van der Waals surface area contributed by atoms with Gasteiger partial charge in [0.2, 0.25) is 0 Å². The lowest BCUT2D eigenvalue weighted by atomic mass is 9.98. The van der Waals surface area contributed by atoms with Crippen LogP contribution in [0.15, 0.2) is 96.5 Å². The summed E-state index contributed by atoms with van der Waals surface area (Å²) in [6.07, 6.45) is 3.28. The predicted octanol–water partition coefficient (Wildman–Crippen LogP) is 3.74. The van der Waals surface area contributed by atoms with Crippen LogP contribution in [-0.4, -0.2) is 40.9 Å². The summed E-state index contributed by atoms with van der Waals surface area (Å²) >= 11 is 0. The number of nitrogens with zero attached hydrogens (tertiary/aromatic N) is 4. The number of guanidine groups is 1. The van der Waals surface area contributed by atoms with Gasteiger partial charge in [-0.15, -0.1) is 0 Å². The van der Waals surface area contributed by atoms with E-state index in [4.69, 9.17) is 4.74 Å². The molecule has 7 heteroatoms. The van der Waals surface area contributed by atoms with Gasteiger partial charge in [0.05, 0.1) is 13.1 Å². The monoisotopic (exact) mass is 440 g/mol. The van der Waals surface area contributed by atoms with E-state index >= 15 is 0 Å². The first kappa shape index (κ1) is 22.1. The summed E-state index contributed by atoms with van der Waals surface area (Å²) in [6, 6.07) is 26.8. The number of nitrogens with one attached hydrogen (secondary N) is 2. The van der Waals surface area contributed by atoms with Crippen molar-refractivity contribution in [3.8, 4) is 16.9 Å². The van der Waals surface area contributed by atoms with Crippen molar-refractivity contribution in [2.45, 2.75) is 13.1 Å². The summed E-state index contributed by atoms with van der Waals surface area (Å²) < 4.78 is 7.54. The maximum atomic E-state index is 5.73. The van der Waals surface area contributed by atoms with Crippen molar-refractivity contribution in [2.75, 3.05) is 20.2 Å². The SMILES string of the molecule is CN=C(NCCOc1ccccc1)NCc1ccccc1-c1ccc(Cn2cncn2)cc1. The molecular formula is C26H28N6O. The number of hydrogen-bond donors (Lipinski definition) is 2. The van der Waals surface area contributed by atoms with Crippen molar-refractivity contribution < 1.29 is 4.74 Å². The summed E-state index contributed by atoms with van der Waals surface area (Å²) in [7, 11) is 1.77. The van der Waals surface area contributed by atoms with Gasteiger partial charge in [-0.1, -0.05) is 66.7 Å². The van der Waals surface area contributed by atoms with Gasteiger partial charge in [0.15, 0.2) is 5.96 Å². The quantitative estimate of drug-likeness (QED) is 0.236. The molecule has 0 saturated carbocycles. The summed E-state index contributed by atoms with van der Waals surface area (Å²) in [5.74, 6) is 1.60. The molecule has 4 rings (SSSR count). The number of aromatic nitrogens is 3. The smallest absolute Gasteiger partial charge is 0.191 e. The van der Waals surface area contributed by atoms with Crippen molar-refractivity contribution in [1.82, 2.24) is 25.4 Å². The van der Waals surface area contributed by atoms with Gasteiger partial charge in [0.25, 0.3) is 0 Å². The minimum atomic E-state index is 0.558. The lowest BCUT2D eigenvalue weighted by molar-refractivity contribution is 0.322. The van der Waals surface area contributed by atoms with Crippen molar-refractivity contribution in [3.63, 3.8) is 0 Å². The molecule has 1 aromatic heterocycles. The van der Waals surface area contributed by atoms with E-state index in [1.807, 2.05) is 35.0 Å². The van der Waals surface area contributed by atoms with Crippen LogP contribution in [0.3, 0.4) is 0 Å². The zero-order valence-corrected chi connectivity index (χ0v) is 18.7. The number of rotatable bonds is 9. The number of benzene rings is 3. The minimum Gasteiger partial charge on any atom is -0.492 e. The van der Waals surface area contributed by atoms with Gasteiger partial charge in [-0.05, 0) is 34.4 Å². The molecule has 0 aliphatic rings. The van der Waals surface area contributed by atoms with Gasteiger partial charge in [-0.3, -0.25) is 4.99 Å². The summed E-state index contributed by atoms with van der Waals surface area (Å²) in [5.41, 5.74) is 4.75. The molecule has 0 saturated heterocycles. The van der Waals surface area contributed by atoms with Gasteiger partial charge in [-0.2, -0.15) is 5.10 Å². The van der Waals surface area contributed by atoms with E-state index < -0.39 is 0 Å². The van der Waals surface area contributed by atoms with E-state index in [9.17, 15) is 0 Å². The van der Waals surface area contributed by atoms with Crippen molar-refractivity contribution >= 4 is 5.96 Å². The Morgan fingerprint density at radius 2 is 1.73 bits per heavy atom. The molecule has 0 unspecified atom stereocenters. The van der Waals surface area contributed by atoms with Gasteiger partial charge < -0.3 is 15.4 Å². The van der Waals surface area contributed by atoms with Crippen LogP contribution in [0.4, 0.5) is 0 Å². The van der Waals surface area contributed by atoms with E-state index in [0.29, 0.717) is 26.2 Å². The van der Waals surface area contributed by atoms with Gasteiger partial charge in [-0.25, -0.2) is 9.67 Å². The normalized spacial score (nSPS) is 11.2. The molecule has 3 aromatic carbocycles. The average Bonchev–Trinajstić information content (AvgIpc) is 3.38. The van der Waals surface area contributed by atoms with Crippen LogP contribution in [-0.2, 0) is 13.1 Å². The van der Waals surface area contributed by atoms with Crippen LogP contribution in [0.2, 0.25) is 0 Å². The molecule has 0 aliphatic carbocycles. The summed E-state index contributed by atoms with van der Waals surface area (Å²) in [5, 5.41) is 10.9. The van der Waals surface area contributed by atoms with Crippen molar-refractivity contribution in [3.05, 3.63) is 103 Å². The third-order valence-electron chi connectivity index (χ3n) is 5.17. The Balaban J connectivity index is 1.32. The molecule has 0 atom stereocenters. The van der Waals surface area contributed by atoms with Crippen LogP contribution in [0.1, 0.15) is 11.1 Å². The van der Waals surface area contributed by atoms with Gasteiger partial charge in [0.1, 0.15) is 25.0 Å². The van der Waals surface area contributed by atoms with Crippen LogP contribution in [0, 0.1) is 0 Å². The molecule has 7 nitrogen and oxygen atoms in total. The first-order valence-electron chi connectivity index (χ1n) is 10.9. The standard InChI is InChI=1S/C26H28N6O/c1-27-26(29-15-16-33-24-8-3-2-4-9-24)30-17-23-7-5-6-10-25(23)22-13-11-21(12-14-22)18-32-20-28-19-31-32/h2-14,19-20H,15-18H2,1H3,(H2,27,29,30). The number of para-hydroxylation sites is 1. The molecule has 0 fully saturated rings. The van der Waals surface area contributed by atoms with E-state index in [0.717, 1.165) is 11.7 Å². The molecule has 33 heavy (non-hydrogen) atoms.